The molecule has 1 aromatic carbocycles. The molecular formula is C18H21ClN2O3. The Labute approximate surface area is 146 Å². The molecule has 5 nitrogen and oxygen atoms in total. The largest absolute Gasteiger partial charge is 0.445 e. The third-order valence-electron chi connectivity index (χ3n) is 4.29. The van der Waals surface area contributed by atoms with Crippen molar-refractivity contribution in [2.45, 2.75) is 25.2 Å². The number of nitrogens with zero attached hydrogens (tertiary/aromatic N) is 2. The second-order valence-electron chi connectivity index (χ2n) is 6.04. The van der Waals surface area contributed by atoms with E-state index in [4.69, 9.17) is 20.8 Å². The summed E-state index contributed by atoms with van der Waals surface area (Å²) in [5.74, 6) is 1.65. The van der Waals surface area contributed by atoms with Gasteiger partial charge in [-0.3, -0.25) is 4.79 Å². The zero-order valence-electron chi connectivity index (χ0n) is 13.7. The fourth-order valence-electron chi connectivity index (χ4n) is 3.04. The maximum Gasteiger partial charge on any atom is 0.248 e. The van der Waals surface area contributed by atoms with E-state index in [1.54, 1.807) is 6.20 Å². The van der Waals surface area contributed by atoms with Crippen LogP contribution >= 0.6 is 11.6 Å². The quantitative estimate of drug-likeness (QED) is 0.832. The van der Waals surface area contributed by atoms with Crippen molar-refractivity contribution in [1.29, 1.82) is 0 Å². The molecule has 6 heteroatoms. The van der Waals surface area contributed by atoms with Gasteiger partial charge in [-0.25, -0.2) is 4.98 Å². The second kappa shape index (κ2) is 7.81. The van der Waals surface area contributed by atoms with Crippen molar-refractivity contribution in [2.24, 2.45) is 0 Å². The number of benzene rings is 1. The molecule has 24 heavy (non-hydrogen) atoms. The average molecular weight is 349 g/mol. The molecule has 1 amide bonds. The Balaban J connectivity index is 1.66. The van der Waals surface area contributed by atoms with Gasteiger partial charge in [0.25, 0.3) is 0 Å². The summed E-state index contributed by atoms with van der Waals surface area (Å²) in [5, 5.41) is 0.726. The summed E-state index contributed by atoms with van der Waals surface area (Å²) in [5.41, 5.74) is 1.02. The van der Waals surface area contributed by atoms with Crippen molar-refractivity contribution < 1.29 is 13.9 Å². The van der Waals surface area contributed by atoms with E-state index >= 15 is 0 Å². The summed E-state index contributed by atoms with van der Waals surface area (Å²) >= 11 is 6.20. The number of carbonyl (C=O) groups excluding carboxylic acids is 1. The predicted molar refractivity (Wildman–Crippen MR) is 91.2 cm³/mol. The summed E-state index contributed by atoms with van der Waals surface area (Å²) < 4.78 is 10.9. The number of hydrogen-bond donors (Lipinski definition) is 0. The van der Waals surface area contributed by atoms with Crippen LogP contribution in [0.1, 0.15) is 36.0 Å². The summed E-state index contributed by atoms with van der Waals surface area (Å²) in [6.45, 7) is 1.52. The lowest BCUT2D eigenvalue weighted by molar-refractivity contribution is -0.136. The van der Waals surface area contributed by atoms with Crippen LogP contribution in [-0.4, -0.2) is 42.6 Å². The maximum atomic E-state index is 12.0. The summed E-state index contributed by atoms with van der Waals surface area (Å²) in [4.78, 5) is 18.2. The number of methoxy groups -OCH3 is 1. The van der Waals surface area contributed by atoms with Crippen LogP contribution < -0.4 is 0 Å². The maximum absolute atomic E-state index is 12.0. The van der Waals surface area contributed by atoms with E-state index in [9.17, 15) is 4.79 Å². The van der Waals surface area contributed by atoms with Crippen LogP contribution in [0.2, 0.25) is 5.02 Å². The van der Waals surface area contributed by atoms with E-state index in [2.05, 4.69) is 4.98 Å². The number of ether oxygens (including phenoxy) is 1. The normalized spacial score (nSPS) is 17.9. The van der Waals surface area contributed by atoms with Crippen LogP contribution in [0.4, 0.5) is 0 Å². The molecule has 1 fully saturated rings. The molecule has 1 aromatic heterocycles. The number of hydrogen-bond acceptors (Lipinski definition) is 4. The average Bonchev–Trinajstić information content (AvgIpc) is 3.06. The Morgan fingerprint density at radius 3 is 3.08 bits per heavy atom. The van der Waals surface area contributed by atoms with Crippen molar-refractivity contribution in [2.75, 3.05) is 26.8 Å². The number of aromatic nitrogens is 1. The molecule has 0 radical (unpaired) electrons. The molecule has 0 bridgehead atoms. The van der Waals surface area contributed by atoms with Crippen molar-refractivity contribution in [1.82, 2.24) is 9.88 Å². The van der Waals surface area contributed by atoms with E-state index in [0.29, 0.717) is 18.9 Å². The SMILES string of the molecule is COCC(=O)N1CCCC(c2ncc(Cc3ccccc3Cl)o2)C1. The van der Waals surface area contributed by atoms with Gasteiger partial charge in [0.1, 0.15) is 12.4 Å². The fraction of sp³-hybridized carbons (Fsp3) is 0.444. The highest BCUT2D eigenvalue weighted by atomic mass is 35.5. The molecule has 0 spiro atoms. The van der Waals surface area contributed by atoms with Gasteiger partial charge in [-0.2, -0.15) is 0 Å². The number of piperidine rings is 1. The summed E-state index contributed by atoms with van der Waals surface area (Å²) in [7, 11) is 1.54. The molecule has 1 atom stereocenters. The topological polar surface area (TPSA) is 55.6 Å². The molecular weight excluding hydrogens is 328 g/mol. The van der Waals surface area contributed by atoms with Crippen molar-refractivity contribution in [3.8, 4) is 0 Å². The molecule has 0 aliphatic carbocycles. The van der Waals surface area contributed by atoms with E-state index in [1.807, 2.05) is 29.2 Å². The molecule has 1 aliphatic rings. The fourth-order valence-corrected chi connectivity index (χ4v) is 3.25. The monoisotopic (exact) mass is 348 g/mol. The van der Waals surface area contributed by atoms with Gasteiger partial charge in [0.2, 0.25) is 5.91 Å². The first-order valence-electron chi connectivity index (χ1n) is 8.12. The molecule has 3 rings (SSSR count). The van der Waals surface area contributed by atoms with Crippen LogP contribution in [0.5, 0.6) is 0 Å². The number of oxazole rings is 1. The Morgan fingerprint density at radius 1 is 1.46 bits per heavy atom. The summed E-state index contributed by atoms with van der Waals surface area (Å²) in [6, 6.07) is 7.72. The predicted octanol–water partition coefficient (Wildman–Crippen LogP) is 3.27. The molecule has 1 saturated heterocycles. The third kappa shape index (κ3) is 3.97. The van der Waals surface area contributed by atoms with Gasteiger partial charge < -0.3 is 14.1 Å². The number of likely N-dealkylation sites (tertiary alicyclic amines) is 1. The van der Waals surface area contributed by atoms with Crippen LogP contribution in [0, 0.1) is 0 Å². The van der Waals surface area contributed by atoms with E-state index in [-0.39, 0.29) is 18.4 Å². The molecule has 2 aromatic rings. The summed E-state index contributed by atoms with van der Waals surface area (Å²) in [6.07, 6.45) is 4.30. The van der Waals surface area contributed by atoms with Gasteiger partial charge in [-0.1, -0.05) is 29.8 Å². The first-order chi connectivity index (χ1) is 11.7. The van der Waals surface area contributed by atoms with E-state index < -0.39 is 0 Å². The van der Waals surface area contributed by atoms with Crippen LogP contribution in [0.15, 0.2) is 34.9 Å². The Kier molecular flexibility index (Phi) is 5.53. The Morgan fingerprint density at radius 2 is 2.29 bits per heavy atom. The molecule has 0 N–H and O–H groups in total. The van der Waals surface area contributed by atoms with Crippen LogP contribution in [0.25, 0.3) is 0 Å². The highest BCUT2D eigenvalue weighted by Gasteiger charge is 2.27. The molecule has 1 unspecified atom stereocenters. The van der Waals surface area contributed by atoms with Crippen LogP contribution in [-0.2, 0) is 16.0 Å². The minimum Gasteiger partial charge on any atom is -0.445 e. The van der Waals surface area contributed by atoms with Gasteiger partial charge in [0.05, 0.1) is 12.1 Å². The van der Waals surface area contributed by atoms with Gasteiger partial charge in [0, 0.05) is 31.6 Å². The van der Waals surface area contributed by atoms with Gasteiger partial charge in [-0.15, -0.1) is 0 Å². The van der Waals surface area contributed by atoms with Crippen LogP contribution in [0.3, 0.4) is 0 Å². The lowest BCUT2D eigenvalue weighted by Crippen LogP contribution is -2.40. The standard InChI is InChI=1S/C18H21ClN2O3/c1-23-12-17(22)21-8-4-6-14(11-21)18-20-10-15(24-18)9-13-5-2-3-7-16(13)19/h2-3,5,7,10,14H,4,6,8-9,11-12H2,1H3. The highest BCUT2D eigenvalue weighted by Crippen LogP contribution is 2.28. The van der Waals surface area contributed by atoms with Crippen molar-refractivity contribution in [3.63, 3.8) is 0 Å². The number of rotatable bonds is 5. The van der Waals surface area contributed by atoms with Gasteiger partial charge in [0.15, 0.2) is 5.89 Å². The first kappa shape index (κ1) is 17.0. The molecule has 128 valence electrons. The number of carbonyl (C=O) groups is 1. The molecule has 0 saturated carbocycles. The van der Waals surface area contributed by atoms with Gasteiger partial charge >= 0.3 is 0 Å². The smallest absolute Gasteiger partial charge is 0.248 e. The third-order valence-corrected chi connectivity index (χ3v) is 4.65. The first-order valence-corrected chi connectivity index (χ1v) is 8.50. The lowest BCUT2D eigenvalue weighted by Gasteiger charge is -2.31. The number of halogens is 1. The molecule has 1 aliphatic heterocycles. The van der Waals surface area contributed by atoms with Crippen molar-refractivity contribution >= 4 is 17.5 Å². The minimum atomic E-state index is 0.0186. The molecule has 2 heterocycles. The Bertz CT molecular complexity index is 701. The minimum absolute atomic E-state index is 0.0186. The Hall–Kier alpha value is -1.85. The lowest BCUT2D eigenvalue weighted by atomic mass is 9.98. The zero-order valence-corrected chi connectivity index (χ0v) is 14.5. The number of amides is 1. The van der Waals surface area contributed by atoms with Crippen molar-refractivity contribution in [3.05, 3.63) is 52.7 Å². The highest BCUT2D eigenvalue weighted by molar-refractivity contribution is 6.31. The zero-order chi connectivity index (χ0) is 16.9. The van der Waals surface area contributed by atoms with Gasteiger partial charge in [-0.05, 0) is 24.5 Å². The van der Waals surface area contributed by atoms with E-state index in [0.717, 1.165) is 35.7 Å². The second-order valence-corrected chi connectivity index (χ2v) is 6.45. The van der Waals surface area contributed by atoms with E-state index in [1.165, 1.54) is 7.11 Å².